The molecule has 3 N–H and O–H groups in total. The van der Waals surface area contributed by atoms with Gasteiger partial charge in [0, 0.05) is 23.4 Å². The van der Waals surface area contributed by atoms with Crippen LogP contribution in [0.15, 0.2) is 18.2 Å². The number of halogens is 1. The molecular formula is C18H25FN2OS. The van der Waals surface area contributed by atoms with E-state index in [1.54, 1.807) is 23.9 Å². The fourth-order valence-electron chi connectivity index (χ4n) is 4.24. The van der Waals surface area contributed by atoms with Gasteiger partial charge in [-0.05, 0) is 67.5 Å². The molecule has 126 valence electrons. The van der Waals surface area contributed by atoms with E-state index in [1.165, 1.54) is 12.5 Å². The van der Waals surface area contributed by atoms with Gasteiger partial charge in [0.2, 0.25) is 0 Å². The van der Waals surface area contributed by atoms with E-state index in [0.29, 0.717) is 28.7 Å². The second kappa shape index (κ2) is 7.22. The molecule has 2 fully saturated rings. The zero-order valence-electron chi connectivity index (χ0n) is 13.6. The molecule has 1 amide bonds. The van der Waals surface area contributed by atoms with E-state index in [-0.39, 0.29) is 23.8 Å². The third-order valence-electron chi connectivity index (χ3n) is 5.28. The van der Waals surface area contributed by atoms with Gasteiger partial charge >= 0.3 is 0 Å². The van der Waals surface area contributed by atoms with Crippen LogP contribution < -0.4 is 11.1 Å². The van der Waals surface area contributed by atoms with Crippen LogP contribution in [0.3, 0.4) is 0 Å². The smallest absolute Gasteiger partial charge is 0.251 e. The first-order valence-electron chi connectivity index (χ1n) is 8.42. The second-order valence-corrected chi connectivity index (χ2v) is 7.79. The third-order valence-corrected chi connectivity index (χ3v) is 5.88. The SMILES string of the molecule is CSCc1cc(C(=O)NC2C3CCCC2CC(N)C3)ccc1F. The van der Waals surface area contributed by atoms with Crippen molar-refractivity contribution >= 4 is 17.7 Å². The van der Waals surface area contributed by atoms with Crippen LogP contribution in [0.2, 0.25) is 0 Å². The number of nitrogens with one attached hydrogen (secondary N) is 1. The highest BCUT2D eigenvalue weighted by Crippen LogP contribution is 2.39. The van der Waals surface area contributed by atoms with Crippen LogP contribution in [-0.4, -0.2) is 24.2 Å². The van der Waals surface area contributed by atoms with Gasteiger partial charge in [0.15, 0.2) is 0 Å². The molecule has 2 unspecified atom stereocenters. The van der Waals surface area contributed by atoms with Crippen molar-refractivity contribution in [3.63, 3.8) is 0 Å². The topological polar surface area (TPSA) is 55.1 Å². The molecule has 0 aromatic heterocycles. The summed E-state index contributed by atoms with van der Waals surface area (Å²) in [6.45, 7) is 0. The number of carbonyl (C=O) groups excluding carboxylic acids is 1. The van der Waals surface area contributed by atoms with Crippen LogP contribution in [0.5, 0.6) is 0 Å². The average Bonchev–Trinajstić information content (AvgIpc) is 2.50. The number of thioether (sulfide) groups is 1. The summed E-state index contributed by atoms with van der Waals surface area (Å²) < 4.78 is 13.8. The number of nitrogens with two attached hydrogens (primary N) is 1. The maximum Gasteiger partial charge on any atom is 0.251 e. The average molecular weight is 336 g/mol. The Kier molecular flexibility index (Phi) is 5.27. The predicted molar refractivity (Wildman–Crippen MR) is 92.9 cm³/mol. The van der Waals surface area contributed by atoms with Crippen LogP contribution in [-0.2, 0) is 5.75 Å². The molecule has 2 aliphatic rings. The number of fused-ring (bicyclic) bond motifs is 2. The fraction of sp³-hybridized carbons (Fsp3) is 0.611. The summed E-state index contributed by atoms with van der Waals surface area (Å²) in [5, 5.41) is 3.22. The molecule has 2 bridgehead atoms. The van der Waals surface area contributed by atoms with Gasteiger partial charge in [0.1, 0.15) is 5.82 Å². The van der Waals surface area contributed by atoms with Crippen molar-refractivity contribution < 1.29 is 9.18 Å². The Morgan fingerprint density at radius 2 is 2.04 bits per heavy atom. The van der Waals surface area contributed by atoms with E-state index in [1.807, 2.05) is 6.26 Å². The summed E-state index contributed by atoms with van der Waals surface area (Å²) in [6, 6.07) is 5.17. The number of rotatable bonds is 4. The highest BCUT2D eigenvalue weighted by molar-refractivity contribution is 7.97. The molecular weight excluding hydrogens is 311 g/mol. The molecule has 0 saturated heterocycles. The standard InChI is InChI=1S/C18H25FN2OS/c1-23-10-14-7-13(5-6-16(14)19)18(22)21-17-11-3-2-4-12(17)9-15(20)8-11/h5-7,11-12,15,17H,2-4,8-10,20H2,1H3,(H,21,22). The van der Waals surface area contributed by atoms with E-state index in [9.17, 15) is 9.18 Å². The van der Waals surface area contributed by atoms with Crippen molar-refractivity contribution in [1.29, 1.82) is 0 Å². The molecule has 0 spiro atoms. The Bertz CT molecular complexity index is 566. The fourth-order valence-corrected chi connectivity index (χ4v) is 4.77. The van der Waals surface area contributed by atoms with Crippen molar-refractivity contribution in [3.8, 4) is 0 Å². The minimum Gasteiger partial charge on any atom is -0.349 e. The molecule has 5 heteroatoms. The van der Waals surface area contributed by atoms with Crippen molar-refractivity contribution in [2.24, 2.45) is 17.6 Å². The van der Waals surface area contributed by atoms with Gasteiger partial charge < -0.3 is 11.1 Å². The van der Waals surface area contributed by atoms with E-state index in [4.69, 9.17) is 5.73 Å². The Balaban J connectivity index is 1.73. The lowest BCUT2D eigenvalue weighted by Gasteiger charge is -2.45. The van der Waals surface area contributed by atoms with E-state index in [0.717, 1.165) is 25.7 Å². The monoisotopic (exact) mass is 336 g/mol. The molecule has 0 aliphatic heterocycles. The highest BCUT2D eigenvalue weighted by Gasteiger charge is 2.39. The van der Waals surface area contributed by atoms with Crippen LogP contribution in [0, 0.1) is 17.7 Å². The molecule has 23 heavy (non-hydrogen) atoms. The molecule has 2 saturated carbocycles. The van der Waals surface area contributed by atoms with E-state index >= 15 is 0 Å². The molecule has 1 aromatic rings. The lowest BCUT2D eigenvalue weighted by molar-refractivity contribution is 0.0756. The Morgan fingerprint density at radius 3 is 2.70 bits per heavy atom. The quantitative estimate of drug-likeness (QED) is 0.887. The first-order valence-corrected chi connectivity index (χ1v) is 9.81. The first kappa shape index (κ1) is 16.8. The molecule has 3 nitrogen and oxygen atoms in total. The molecule has 1 aromatic carbocycles. The van der Waals surface area contributed by atoms with Gasteiger partial charge in [-0.25, -0.2) is 4.39 Å². The van der Waals surface area contributed by atoms with E-state index < -0.39 is 0 Å². The summed E-state index contributed by atoms with van der Waals surface area (Å²) in [7, 11) is 0. The van der Waals surface area contributed by atoms with Crippen molar-refractivity contribution in [3.05, 3.63) is 35.1 Å². The number of amides is 1. The highest BCUT2D eigenvalue weighted by atomic mass is 32.2. The van der Waals surface area contributed by atoms with Crippen LogP contribution in [0.1, 0.15) is 48.0 Å². The van der Waals surface area contributed by atoms with Gasteiger partial charge in [0.05, 0.1) is 0 Å². The molecule has 0 radical (unpaired) electrons. The number of hydrogen-bond donors (Lipinski definition) is 2. The summed E-state index contributed by atoms with van der Waals surface area (Å²) in [6.07, 6.45) is 7.47. The minimum absolute atomic E-state index is 0.0790. The van der Waals surface area contributed by atoms with Crippen molar-refractivity contribution in [2.75, 3.05) is 6.26 Å². The van der Waals surface area contributed by atoms with Gasteiger partial charge in [-0.1, -0.05) is 6.42 Å². The van der Waals surface area contributed by atoms with Crippen LogP contribution >= 0.6 is 11.8 Å². The normalized spacial score (nSPS) is 30.0. The molecule has 2 aliphatic carbocycles. The summed E-state index contributed by atoms with van der Waals surface area (Å²) >= 11 is 1.55. The van der Waals surface area contributed by atoms with E-state index in [2.05, 4.69) is 5.32 Å². The molecule has 0 heterocycles. The predicted octanol–water partition coefficient (Wildman–Crippen LogP) is 3.32. The Hall–Kier alpha value is -1.07. The zero-order valence-corrected chi connectivity index (χ0v) is 14.4. The van der Waals surface area contributed by atoms with Gasteiger partial charge in [-0.3, -0.25) is 4.79 Å². The lowest BCUT2D eigenvalue weighted by atomic mass is 9.67. The molecule has 2 atom stereocenters. The number of hydrogen-bond acceptors (Lipinski definition) is 3. The number of benzene rings is 1. The maximum atomic E-state index is 13.8. The lowest BCUT2D eigenvalue weighted by Crippen LogP contribution is -2.53. The largest absolute Gasteiger partial charge is 0.349 e. The van der Waals surface area contributed by atoms with Crippen LogP contribution in [0.4, 0.5) is 4.39 Å². The van der Waals surface area contributed by atoms with Crippen molar-refractivity contribution in [2.45, 2.75) is 49.9 Å². The summed E-state index contributed by atoms with van der Waals surface area (Å²) in [5.74, 6) is 1.25. The zero-order chi connectivity index (χ0) is 16.4. The van der Waals surface area contributed by atoms with Gasteiger partial charge in [-0.2, -0.15) is 11.8 Å². The second-order valence-electron chi connectivity index (χ2n) is 6.92. The summed E-state index contributed by atoms with van der Waals surface area (Å²) in [5.41, 5.74) is 7.29. The minimum atomic E-state index is -0.239. The number of carbonyl (C=O) groups is 1. The first-order chi connectivity index (χ1) is 11.1. The maximum absolute atomic E-state index is 13.8. The molecule has 3 rings (SSSR count). The summed E-state index contributed by atoms with van der Waals surface area (Å²) in [4.78, 5) is 12.6. The Labute approximate surface area is 141 Å². The van der Waals surface area contributed by atoms with Crippen molar-refractivity contribution in [1.82, 2.24) is 5.32 Å². The van der Waals surface area contributed by atoms with Gasteiger partial charge in [0.25, 0.3) is 5.91 Å². The van der Waals surface area contributed by atoms with Gasteiger partial charge in [-0.15, -0.1) is 0 Å². The Morgan fingerprint density at radius 1 is 1.35 bits per heavy atom. The third kappa shape index (κ3) is 3.72. The van der Waals surface area contributed by atoms with Crippen LogP contribution in [0.25, 0.3) is 0 Å².